The fourth-order valence-corrected chi connectivity index (χ4v) is 0.944. The van der Waals surface area contributed by atoms with Crippen molar-refractivity contribution >= 4 is 0 Å². The Hall–Kier alpha value is -1.29. The van der Waals surface area contributed by atoms with Crippen molar-refractivity contribution in [3.05, 3.63) is 35.9 Å². The van der Waals surface area contributed by atoms with Gasteiger partial charge in [0.15, 0.2) is 0 Å². The van der Waals surface area contributed by atoms with E-state index in [0.29, 0.717) is 6.42 Å². The monoisotopic (exact) mass is 144 g/mol. The van der Waals surface area contributed by atoms with Gasteiger partial charge in [0.1, 0.15) is 0 Å². The molecule has 0 bridgehead atoms. The lowest BCUT2D eigenvalue weighted by Gasteiger charge is -1.94. The van der Waals surface area contributed by atoms with Crippen LogP contribution in [0.1, 0.15) is 18.4 Å². The Labute approximate surface area is 67.3 Å². The Morgan fingerprint density at radius 3 is 3.00 bits per heavy atom. The van der Waals surface area contributed by atoms with Gasteiger partial charge in [0.05, 0.1) is 6.07 Å². The number of nitrogens with zero attached hydrogens (tertiary/aromatic N) is 1. The van der Waals surface area contributed by atoms with E-state index < -0.39 is 0 Å². The van der Waals surface area contributed by atoms with Crippen molar-refractivity contribution in [2.45, 2.75) is 19.3 Å². The van der Waals surface area contributed by atoms with Crippen LogP contribution >= 0.6 is 0 Å². The van der Waals surface area contributed by atoms with Crippen molar-refractivity contribution in [2.75, 3.05) is 0 Å². The molecule has 0 unspecified atom stereocenters. The van der Waals surface area contributed by atoms with Crippen LogP contribution in [0.2, 0.25) is 0 Å². The molecule has 1 radical (unpaired) electrons. The van der Waals surface area contributed by atoms with Crippen LogP contribution in [-0.2, 0) is 6.42 Å². The van der Waals surface area contributed by atoms with E-state index in [-0.39, 0.29) is 0 Å². The summed E-state index contributed by atoms with van der Waals surface area (Å²) in [6, 6.07) is 13.1. The second-order valence-electron chi connectivity index (χ2n) is 2.40. The maximum absolute atomic E-state index is 8.28. The first-order valence-corrected chi connectivity index (χ1v) is 3.76. The Morgan fingerprint density at radius 1 is 1.45 bits per heavy atom. The number of benzene rings is 1. The highest BCUT2D eigenvalue weighted by Crippen LogP contribution is 2.02. The van der Waals surface area contributed by atoms with E-state index in [4.69, 9.17) is 5.26 Å². The van der Waals surface area contributed by atoms with E-state index in [1.54, 1.807) is 0 Å². The molecule has 0 amide bonds. The third kappa shape index (κ3) is 2.86. The van der Waals surface area contributed by atoms with Crippen molar-refractivity contribution < 1.29 is 0 Å². The molecule has 0 heterocycles. The topological polar surface area (TPSA) is 23.8 Å². The molecule has 0 aliphatic rings. The van der Waals surface area contributed by atoms with E-state index in [9.17, 15) is 0 Å². The van der Waals surface area contributed by atoms with Crippen LogP contribution in [0.5, 0.6) is 0 Å². The van der Waals surface area contributed by atoms with Gasteiger partial charge in [-0.3, -0.25) is 0 Å². The van der Waals surface area contributed by atoms with Gasteiger partial charge in [0.25, 0.3) is 0 Å². The molecule has 1 aromatic rings. The zero-order valence-electron chi connectivity index (χ0n) is 6.38. The molecule has 0 N–H and O–H groups in total. The second-order valence-corrected chi connectivity index (χ2v) is 2.40. The van der Waals surface area contributed by atoms with Gasteiger partial charge in [-0.1, -0.05) is 24.3 Å². The summed E-state index contributed by atoms with van der Waals surface area (Å²) in [5, 5.41) is 8.28. The highest BCUT2D eigenvalue weighted by molar-refractivity contribution is 5.12. The lowest BCUT2D eigenvalue weighted by Crippen LogP contribution is -1.83. The van der Waals surface area contributed by atoms with Gasteiger partial charge in [-0.25, -0.2) is 0 Å². The lowest BCUT2D eigenvalue weighted by molar-refractivity contribution is 0.849. The average molecular weight is 144 g/mol. The van der Waals surface area contributed by atoms with Crippen molar-refractivity contribution in [1.82, 2.24) is 0 Å². The summed E-state index contributed by atoms with van der Waals surface area (Å²) in [5.74, 6) is 0. The molecule has 0 saturated carbocycles. The summed E-state index contributed by atoms with van der Waals surface area (Å²) in [6.07, 6.45) is 2.55. The molecule has 11 heavy (non-hydrogen) atoms. The average Bonchev–Trinajstić information content (AvgIpc) is 2.07. The maximum atomic E-state index is 8.28. The van der Waals surface area contributed by atoms with Crippen LogP contribution in [0, 0.1) is 17.4 Å². The van der Waals surface area contributed by atoms with E-state index in [1.165, 1.54) is 5.56 Å². The van der Waals surface area contributed by atoms with Crippen LogP contribution in [0.3, 0.4) is 0 Å². The van der Waals surface area contributed by atoms with Crippen LogP contribution in [0.4, 0.5) is 0 Å². The molecule has 1 nitrogen and oxygen atoms in total. The first-order valence-electron chi connectivity index (χ1n) is 3.76. The van der Waals surface area contributed by atoms with Crippen molar-refractivity contribution in [3.8, 4) is 6.07 Å². The zero-order valence-corrected chi connectivity index (χ0v) is 6.38. The van der Waals surface area contributed by atoms with Crippen molar-refractivity contribution in [2.24, 2.45) is 0 Å². The highest BCUT2D eigenvalue weighted by atomic mass is 14.2. The van der Waals surface area contributed by atoms with Gasteiger partial charge in [0, 0.05) is 6.42 Å². The van der Waals surface area contributed by atoms with Gasteiger partial charge in [-0.2, -0.15) is 5.26 Å². The minimum atomic E-state index is 0.642. The lowest BCUT2D eigenvalue weighted by atomic mass is 10.1. The van der Waals surface area contributed by atoms with E-state index in [1.807, 2.05) is 24.3 Å². The summed E-state index contributed by atoms with van der Waals surface area (Å²) < 4.78 is 0. The van der Waals surface area contributed by atoms with Crippen LogP contribution in [-0.4, -0.2) is 0 Å². The van der Waals surface area contributed by atoms with Gasteiger partial charge < -0.3 is 0 Å². The molecular weight excluding hydrogens is 134 g/mol. The normalized spacial score (nSPS) is 9.00. The summed E-state index contributed by atoms with van der Waals surface area (Å²) in [7, 11) is 0. The van der Waals surface area contributed by atoms with Crippen LogP contribution in [0.15, 0.2) is 24.3 Å². The van der Waals surface area contributed by atoms with E-state index >= 15 is 0 Å². The van der Waals surface area contributed by atoms with E-state index in [2.05, 4.69) is 12.1 Å². The molecule has 1 aromatic carbocycles. The zero-order chi connectivity index (χ0) is 7.94. The molecule has 0 atom stereocenters. The fourth-order valence-electron chi connectivity index (χ4n) is 0.944. The molecule has 0 aliphatic heterocycles. The predicted octanol–water partition coefficient (Wildman–Crippen LogP) is 2.33. The number of rotatable bonds is 3. The molecule has 0 aliphatic carbocycles. The third-order valence-electron chi connectivity index (χ3n) is 1.51. The summed E-state index contributed by atoms with van der Waals surface area (Å²) in [6.45, 7) is 0. The quantitative estimate of drug-likeness (QED) is 0.597. The first-order chi connectivity index (χ1) is 5.43. The Kier molecular flexibility index (Phi) is 3.21. The molecule has 0 spiro atoms. The fraction of sp³-hybridized carbons (Fsp3) is 0.300. The molecule has 1 rings (SSSR count). The standard InChI is InChI=1S/C10H10N/c11-9-5-4-8-10-6-2-1-3-7-10/h1-3,6H,4-5,8H2. The van der Waals surface area contributed by atoms with Gasteiger partial charge in [0.2, 0.25) is 0 Å². The smallest absolute Gasteiger partial charge is 0.0621 e. The minimum Gasteiger partial charge on any atom is -0.198 e. The van der Waals surface area contributed by atoms with Gasteiger partial charge >= 0.3 is 0 Å². The Bertz CT molecular complexity index is 233. The molecule has 55 valence electrons. The predicted molar refractivity (Wildman–Crippen MR) is 43.8 cm³/mol. The second kappa shape index (κ2) is 4.51. The summed E-state index contributed by atoms with van der Waals surface area (Å²) >= 11 is 0. The number of aryl methyl sites for hydroxylation is 1. The highest BCUT2D eigenvalue weighted by Gasteiger charge is 1.89. The van der Waals surface area contributed by atoms with E-state index in [0.717, 1.165) is 12.8 Å². The van der Waals surface area contributed by atoms with Crippen molar-refractivity contribution in [3.63, 3.8) is 0 Å². The largest absolute Gasteiger partial charge is 0.198 e. The molecule has 1 heteroatoms. The van der Waals surface area contributed by atoms with Gasteiger partial charge in [-0.05, 0) is 24.5 Å². The molecule has 0 fully saturated rings. The number of hydrogen-bond acceptors (Lipinski definition) is 1. The van der Waals surface area contributed by atoms with Crippen LogP contribution < -0.4 is 0 Å². The Morgan fingerprint density at radius 2 is 2.36 bits per heavy atom. The molecule has 0 saturated heterocycles. The summed E-state index contributed by atoms with van der Waals surface area (Å²) in [5.41, 5.74) is 1.20. The minimum absolute atomic E-state index is 0.642. The van der Waals surface area contributed by atoms with Crippen LogP contribution in [0.25, 0.3) is 0 Å². The molecular formula is C10H10N. The molecule has 0 aromatic heterocycles. The summed E-state index contributed by atoms with van der Waals surface area (Å²) in [4.78, 5) is 0. The maximum Gasteiger partial charge on any atom is 0.0621 e. The third-order valence-corrected chi connectivity index (χ3v) is 1.51. The number of nitriles is 1. The van der Waals surface area contributed by atoms with Gasteiger partial charge in [-0.15, -0.1) is 0 Å². The van der Waals surface area contributed by atoms with Crippen molar-refractivity contribution in [1.29, 1.82) is 5.26 Å². The SMILES string of the molecule is N#CCCCc1[c]cccc1. The number of hydrogen-bond donors (Lipinski definition) is 0. The Balaban J connectivity index is 2.35. The first kappa shape index (κ1) is 7.81. The number of unbranched alkanes of at least 4 members (excludes halogenated alkanes) is 1.